The number of esters is 1. The number of aromatic nitrogens is 1. The van der Waals surface area contributed by atoms with Crippen LogP contribution >= 0.6 is 0 Å². The number of methoxy groups -OCH3 is 1. The summed E-state index contributed by atoms with van der Waals surface area (Å²) in [4.78, 5) is 27.1. The van der Waals surface area contributed by atoms with Crippen molar-refractivity contribution in [2.45, 2.75) is 31.8 Å². The van der Waals surface area contributed by atoms with E-state index in [-0.39, 0.29) is 18.5 Å². The summed E-state index contributed by atoms with van der Waals surface area (Å²) in [6.07, 6.45) is 4.84. The van der Waals surface area contributed by atoms with Crippen molar-refractivity contribution < 1.29 is 14.3 Å². The Balaban J connectivity index is 1.62. The van der Waals surface area contributed by atoms with Crippen molar-refractivity contribution in [1.29, 1.82) is 0 Å². The number of carbonyl (C=O) groups excluding carboxylic acids is 2. The highest BCUT2D eigenvalue weighted by molar-refractivity contribution is 6.04. The van der Waals surface area contributed by atoms with Crippen LogP contribution in [-0.2, 0) is 22.5 Å². The molecule has 0 saturated heterocycles. The van der Waals surface area contributed by atoms with Gasteiger partial charge in [0.05, 0.1) is 18.7 Å². The maximum atomic E-state index is 13.1. The first-order chi connectivity index (χ1) is 13.6. The molecule has 1 amide bonds. The number of rotatable bonds is 4. The molecule has 0 unspecified atom stereocenters. The van der Waals surface area contributed by atoms with Gasteiger partial charge in [0.15, 0.2) is 0 Å². The Morgan fingerprint density at radius 3 is 2.71 bits per heavy atom. The van der Waals surface area contributed by atoms with Gasteiger partial charge in [0.25, 0.3) is 0 Å². The predicted molar refractivity (Wildman–Crippen MR) is 108 cm³/mol. The number of benzene rings is 2. The molecule has 1 aromatic heterocycles. The van der Waals surface area contributed by atoms with Gasteiger partial charge < -0.3 is 14.2 Å². The SMILES string of the molecule is COC(=O)c1cn(CC(=O)N(C)[C@@H]2CCCc3ccccc32)c2ccccc12. The largest absolute Gasteiger partial charge is 0.465 e. The van der Waals surface area contributed by atoms with E-state index in [1.165, 1.54) is 18.2 Å². The summed E-state index contributed by atoms with van der Waals surface area (Å²) in [5.41, 5.74) is 3.92. The molecule has 0 saturated carbocycles. The normalized spacial score (nSPS) is 15.9. The Morgan fingerprint density at radius 2 is 1.89 bits per heavy atom. The van der Waals surface area contributed by atoms with Gasteiger partial charge in [0.2, 0.25) is 5.91 Å². The van der Waals surface area contributed by atoms with Gasteiger partial charge in [0, 0.05) is 24.1 Å². The van der Waals surface area contributed by atoms with E-state index in [1.807, 2.05) is 46.8 Å². The maximum Gasteiger partial charge on any atom is 0.340 e. The summed E-state index contributed by atoms with van der Waals surface area (Å²) in [6.45, 7) is 0.187. The van der Waals surface area contributed by atoms with Crippen LogP contribution in [0.1, 0.15) is 40.4 Å². The summed E-state index contributed by atoms with van der Waals surface area (Å²) in [6, 6.07) is 16.1. The number of likely N-dealkylation sites (N-methyl/N-ethyl adjacent to an activating group) is 1. The molecule has 5 heteroatoms. The lowest BCUT2D eigenvalue weighted by molar-refractivity contribution is -0.133. The third kappa shape index (κ3) is 3.17. The molecule has 4 rings (SSSR count). The van der Waals surface area contributed by atoms with E-state index >= 15 is 0 Å². The van der Waals surface area contributed by atoms with Crippen LogP contribution in [0.15, 0.2) is 54.7 Å². The molecule has 28 heavy (non-hydrogen) atoms. The molecule has 0 radical (unpaired) electrons. The minimum Gasteiger partial charge on any atom is -0.465 e. The monoisotopic (exact) mass is 376 g/mol. The Labute approximate surface area is 164 Å². The minimum atomic E-state index is -0.392. The summed E-state index contributed by atoms with van der Waals surface area (Å²) >= 11 is 0. The quantitative estimate of drug-likeness (QED) is 0.648. The Morgan fingerprint density at radius 1 is 1.14 bits per heavy atom. The van der Waals surface area contributed by atoms with Crippen LogP contribution < -0.4 is 0 Å². The Hall–Kier alpha value is -3.08. The molecule has 2 aromatic carbocycles. The summed E-state index contributed by atoms with van der Waals surface area (Å²) in [5, 5.41) is 0.799. The van der Waals surface area contributed by atoms with Gasteiger partial charge in [-0.1, -0.05) is 42.5 Å². The van der Waals surface area contributed by atoms with Gasteiger partial charge >= 0.3 is 5.97 Å². The van der Waals surface area contributed by atoms with Crippen molar-refractivity contribution in [3.05, 3.63) is 71.4 Å². The van der Waals surface area contributed by atoms with Gasteiger partial charge in [-0.25, -0.2) is 4.79 Å². The van der Waals surface area contributed by atoms with Crippen LogP contribution in [0.25, 0.3) is 10.9 Å². The van der Waals surface area contributed by atoms with Crippen molar-refractivity contribution in [3.8, 4) is 0 Å². The molecule has 0 aliphatic heterocycles. The first kappa shape index (κ1) is 18.3. The number of para-hydroxylation sites is 1. The number of nitrogens with zero attached hydrogens (tertiary/aromatic N) is 2. The fourth-order valence-electron chi connectivity index (χ4n) is 4.21. The average molecular weight is 376 g/mol. The average Bonchev–Trinajstić information content (AvgIpc) is 3.10. The van der Waals surface area contributed by atoms with Gasteiger partial charge in [-0.05, 0) is 36.5 Å². The standard InChI is InChI=1S/C23H24N2O3/c1-24(20-13-7-9-16-8-3-4-10-17(16)20)22(26)15-25-14-19(23(27)28-2)18-11-5-6-12-21(18)25/h3-6,8,10-12,14,20H,7,9,13,15H2,1-2H3/t20-/m1/s1. The first-order valence-electron chi connectivity index (χ1n) is 9.60. The fourth-order valence-corrected chi connectivity index (χ4v) is 4.21. The Bertz CT molecular complexity index is 1040. The van der Waals surface area contributed by atoms with Crippen LogP contribution in [0.5, 0.6) is 0 Å². The molecular weight excluding hydrogens is 352 g/mol. The van der Waals surface area contributed by atoms with Crippen molar-refractivity contribution in [1.82, 2.24) is 9.47 Å². The molecule has 0 bridgehead atoms. The molecule has 5 nitrogen and oxygen atoms in total. The van der Waals surface area contributed by atoms with Crippen molar-refractivity contribution in [2.75, 3.05) is 14.2 Å². The van der Waals surface area contributed by atoms with Crippen molar-refractivity contribution >= 4 is 22.8 Å². The molecule has 0 N–H and O–H groups in total. The van der Waals surface area contributed by atoms with E-state index < -0.39 is 5.97 Å². The number of ether oxygens (including phenoxy) is 1. The highest BCUT2D eigenvalue weighted by Gasteiger charge is 2.27. The third-order valence-corrected chi connectivity index (χ3v) is 5.70. The fraction of sp³-hybridized carbons (Fsp3) is 0.304. The topological polar surface area (TPSA) is 51.5 Å². The van der Waals surface area contributed by atoms with Gasteiger partial charge in [0.1, 0.15) is 6.54 Å². The molecular formula is C23H24N2O3. The van der Waals surface area contributed by atoms with Crippen LogP contribution in [-0.4, -0.2) is 35.5 Å². The molecule has 1 atom stereocenters. The van der Waals surface area contributed by atoms with E-state index in [0.29, 0.717) is 5.56 Å². The first-order valence-corrected chi connectivity index (χ1v) is 9.60. The molecule has 0 fully saturated rings. The highest BCUT2D eigenvalue weighted by atomic mass is 16.5. The number of hydrogen-bond acceptors (Lipinski definition) is 3. The number of amides is 1. The van der Waals surface area contributed by atoms with Crippen molar-refractivity contribution in [3.63, 3.8) is 0 Å². The van der Waals surface area contributed by atoms with Crippen LogP contribution in [0.4, 0.5) is 0 Å². The van der Waals surface area contributed by atoms with E-state index in [1.54, 1.807) is 6.20 Å². The summed E-state index contributed by atoms with van der Waals surface area (Å²) in [5.74, 6) is -0.365. The number of aryl methyl sites for hydroxylation is 1. The maximum absolute atomic E-state index is 13.1. The molecule has 0 spiro atoms. The van der Waals surface area contributed by atoms with Gasteiger partial charge in [-0.3, -0.25) is 4.79 Å². The van der Waals surface area contributed by atoms with Crippen molar-refractivity contribution in [2.24, 2.45) is 0 Å². The third-order valence-electron chi connectivity index (χ3n) is 5.70. The van der Waals surface area contributed by atoms with Crippen LogP contribution in [0.2, 0.25) is 0 Å². The molecule has 144 valence electrons. The zero-order chi connectivity index (χ0) is 19.7. The van der Waals surface area contributed by atoms with E-state index in [0.717, 1.165) is 30.2 Å². The molecule has 1 heterocycles. The lowest BCUT2D eigenvalue weighted by Crippen LogP contribution is -2.35. The highest BCUT2D eigenvalue weighted by Crippen LogP contribution is 2.33. The molecule has 3 aromatic rings. The summed E-state index contributed by atoms with van der Waals surface area (Å²) in [7, 11) is 3.25. The Kier molecular flexibility index (Phi) is 4.90. The summed E-state index contributed by atoms with van der Waals surface area (Å²) < 4.78 is 6.74. The zero-order valence-electron chi connectivity index (χ0n) is 16.2. The van der Waals surface area contributed by atoms with E-state index in [2.05, 4.69) is 18.2 Å². The number of carbonyl (C=O) groups is 2. The van der Waals surface area contributed by atoms with Gasteiger partial charge in [-0.15, -0.1) is 0 Å². The molecule has 1 aliphatic rings. The molecule has 1 aliphatic carbocycles. The van der Waals surface area contributed by atoms with Crippen LogP contribution in [0.3, 0.4) is 0 Å². The number of hydrogen-bond donors (Lipinski definition) is 0. The minimum absolute atomic E-state index is 0.0267. The zero-order valence-corrected chi connectivity index (χ0v) is 16.2. The predicted octanol–water partition coefficient (Wildman–Crippen LogP) is 3.96. The lowest BCUT2D eigenvalue weighted by Gasteiger charge is -2.33. The van der Waals surface area contributed by atoms with E-state index in [4.69, 9.17) is 4.74 Å². The second-order valence-electron chi connectivity index (χ2n) is 7.29. The smallest absolute Gasteiger partial charge is 0.340 e. The van der Waals surface area contributed by atoms with Gasteiger partial charge in [-0.2, -0.15) is 0 Å². The second kappa shape index (κ2) is 7.50. The lowest BCUT2D eigenvalue weighted by atomic mass is 9.87. The number of fused-ring (bicyclic) bond motifs is 2. The second-order valence-corrected chi connectivity index (χ2v) is 7.29. The van der Waals surface area contributed by atoms with Crippen LogP contribution in [0, 0.1) is 0 Å². The van der Waals surface area contributed by atoms with E-state index in [9.17, 15) is 9.59 Å².